The number of benzene rings is 2. The van der Waals surface area contributed by atoms with Gasteiger partial charge in [-0.25, -0.2) is 17.1 Å². The van der Waals surface area contributed by atoms with Crippen LogP contribution in [0.2, 0.25) is 0 Å². The number of phenolic OH excluding ortho intramolecular Hbond substituents is 1. The van der Waals surface area contributed by atoms with Crippen molar-refractivity contribution in [2.75, 3.05) is 26.0 Å². The van der Waals surface area contributed by atoms with E-state index in [1.807, 2.05) is 6.07 Å². The second-order valence-corrected chi connectivity index (χ2v) is 9.26. The quantitative estimate of drug-likeness (QED) is 0.538. The van der Waals surface area contributed by atoms with Crippen molar-refractivity contribution in [2.24, 2.45) is 0 Å². The van der Waals surface area contributed by atoms with E-state index in [2.05, 4.69) is 11.3 Å². The van der Waals surface area contributed by atoms with Gasteiger partial charge in [-0.15, -0.1) is 6.58 Å². The van der Waals surface area contributed by atoms with Crippen molar-refractivity contribution in [1.29, 1.82) is 0 Å². The third-order valence-corrected chi connectivity index (χ3v) is 6.66. The van der Waals surface area contributed by atoms with Crippen molar-refractivity contribution in [3.05, 3.63) is 78.1 Å². The summed E-state index contributed by atoms with van der Waals surface area (Å²) in [5.74, 6) is -0.583. The van der Waals surface area contributed by atoms with Gasteiger partial charge in [0.05, 0.1) is 19.3 Å². The molecule has 0 amide bonds. The Labute approximate surface area is 183 Å². The van der Waals surface area contributed by atoms with Crippen LogP contribution in [0.1, 0.15) is 29.9 Å². The first-order chi connectivity index (χ1) is 14.7. The molecule has 0 bridgehead atoms. The van der Waals surface area contributed by atoms with E-state index >= 15 is 0 Å². The molecular weight excluding hydrogens is 421 g/mol. The molecule has 0 spiro atoms. The Kier molecular flexibility index (Phi) is 9.21. The fourth-order valence-electron chi connectivity index (χ4n) is 3.41. The van der Waals surface area contributed by atoms with Gasteiger partial charge >= 0.3 is 5.97 Å². The van der Waals surface area contributed by atoms with Crippen LogP contribution in [-0.4, -0.2) is 49.8 Å². The number of nitrogens with zero attached hydrogens (tertiary/aromatic N) is 1. The lowest BCUT2D eigenvalue weighted by Crippen LogP contribution is -2.40. The number of methoxy groups -OCH3 is 1. The molecule has 1 N–H and O–H groups in total. The van der Waals surface area contributed by atoms with E-state index in [0.29, 0.717) is 18.7 Å². The maximum absolute atomic E-state index is 12.2. The number of sulfonamides is 1. The molecule has 0 aromatic heterocycles. The molecule has 0 radical (unpaired) electrons. The molecule has 1 atom stereocenters. The van der Waals surface area contributed by atoms with Crippen LogP contribution in [0.3, 0.4) is 0 Å². The Bertz CT molecular complexity index is 979. The van der Waals surface area contributed by atoms with E-state index in [4.69, 9.17) is 0 Å². The third-order valence-electron chi connectivity index (χ3n) is 4.89. The SMILES string of the molecule is C=CCS(=O)(=O)N1CCCC(c2cc(O)cc(CC(=O)OC)c2)C1.Fc1ccccc1. The van der Waals surface area contributed by atoms with Gasteiger partial charge in [-0.2, -0.15) is 0 Å². The Morgan fingerprint density at radius 1 is 1.29 bits per heavy atom. The molecule has 1 unspecified atom stereocenters. The van der Waals surface area contributed by atoms with Crippen LogP contribution in [0.5, 0.6) is 5.75 Å². The highest BCUT2D eigenvalue weighted by atomic mass is 32.2. The van der Waals surface area contributed by atoms with Crippen LogP contribution in [0.15, 0.2) is 61.2 Å². The average Bonchev–Trinajstić information content (AvgIpc) is 2.74. The molecule has 0 aliphatic carbocycles. The number of ether oxygens (including phenoxy) is 1. The van der Waals surface area contributed by atoms with Gasteiger partial charge in [-0.3, -0.25) is 4.79 Å². The lowest BCUT2D eigenvalue weighted by molar-refractivity contribution is -0.139. The second kappa shape index (κ2) is 11.6. The fraction of sp³-hybridized carbons (Fsp3) is 0.348. The second-order valence-electron chi connectivity index (χ2n) is 7.25. The largest absolute Gasteiger partial charge is 0.508 e. The predicted octanol–water partition coefficient (Wildman–Crippen LogP) is 3.63. The zero-order chi connectivity index (χ0) is 22.9. The number of carbonyl (C=O) groups is 1. The Balaban J connectivity index is 0.000000412. The van der Waals surface area contributed by atoms with Crippen molar-refractivity contribution >= 4 is 16.0 Å². The number of halogens is 1. The minimum atomic E-state index is -3.34. The molecule has 2 aromatic rings. The molecule has 1 fully saturated rings. The zero-order valence-electron chi connectivity index (χ0n) is 17.5. The summed E-state index contributed by atoms with van der Waals surface area (Å²) in [5, 5.41) is 9.92. The van der Waals surface area contributed by atoms with Crippen LogP contribution in [0.25, 0.3) is 0 Å². The standard InChI is InChI=1S/C17H23NO5S.C6H5F/c1-3-7-24(21,22)18-6-4-5-14(12-18)15-8-13(9-16(19)11-15)10-17(20)23-2;7-6-4-2-1-3-5-6/h3,8-9,11,14,19H,1,4-7,10,12H2,2H3;1-5H. The predicted molar refractivity (Wildman–Crippen MR) is 118 cm³/mol. The Hall–Kier alpha value is -2.71. The number of esters is 1. The smallest absolute Gasteiger partial charge is 0.309 e. The van der Waals surface area contributed by atoms with Crippen molar-refractivity contribution < 1.29 is 27.4 Å². The summed E-state index contributed by atoms with van der Waals surface area (Å²) in [6, 6.07) is 12.9. The maximum atomic E-state index is 12.2. The molecule has 31 heavy (non-hydrogen) atoms. The van der Waals surface area contributed by atoms with E-state index in [1.54, 1.807) is 24.3 Å². The number of aromatic hydroxyl groups is 1. The Morgan fingerprint density at radius 3 is 2.58 bits per heavy atom. The number of rotatable bonds is 6. The monoisotopic (exact) mass is 449 g/mol. The molecule has 0 saturated carbocycles. The van der Waals surface area contributed by atoms with Crippen molar-refractivity contribution in [3.8, 4) is 5.75 Å². The van der Waals surface area contributed by atoms with Crippen LogP contribution >= 0.6 is 0 Å². The number of carbonyl (C=O) groups excluding carboxylic acids is 1. The summed E-state index contributed by atoms with van der Waals surface area (Å²) in [4.78, 5) is 11.4. The fourth-order valence-corrected chi connectivity index (χ4v) is 4.74. The first-order valence-electron chi connectivity index (χ1n) is 9.94. The van der Waals surface area contributed by atoms with Gasteiger partial charge in [-0.1, -0.05) is 30.3 Å². The topological polar surface area (TPSA) is 83.9 Å². The molecule has 1 aliphatic heterocycles. The lowest BCUT2D eigenvalue weighted by Gasteiger charge is -2.32. The van der Waals surface area contributed by atoms with Crippen LogP contribution in [0, 0.1) is 5.82 Å². The molecule has 8 heteroatoms. The normalized spacial score (nSPS) is 16.6. The highest BCUT2D eigenvalue weighted by Gasteiger charge is 2.29. The molecule has 168 valence electrons. The lowest BCUT2D eigenvalue weighted by atomic mass is 9.90. The molecule has 6 nitrogen and oxygen atoms in total. The van der Waals surface area contributed by atoms with Gasteiger partial charge in [0.25, 0.3) is 0 Å². The molecule has 2 aromatic carbocycles. The van der Waals surface area contributed by atoms with E-state index in [0.717, 1.165) is 18.4 Å². The van der Waals surface area contributed by atoms with Gasteiger partial charge in [0.2, 0.25) is 10.0 Å². The summed E-state index contributed by atoms with van der Waals surface area (Å²) in [6.07, 6.45) is 3.05. The van der Waals surface area contributed by atoms with Gasteiger partial charge in [-0.05, 0) is 54.2 Å². The third kappa shape index (κ3) is 7.80. The highest BCUT2D eigenvalue weighted by Crippen LogP contribution is 2.31. The molecule has 3 rings (SSSR count). The first-order valence-corrected chi connectivity index (χ1v) is 11.5. The molecule has 1 heterocycles. The van der Waals surface area contributed by atoms with Gasteiger partial charge < -0.3 is 9.84 Å². The summed E-state index contributed by atoms with van der Waals surface area (Å²) in [7, 11) is -2.02. The van der Waals surface area contributed by atoms with Gasteiger partial charge in [0.15, 0.2) is 0 Å². The molecule has 1 aliphatic rings. The number of phenols is 1. The number of hydrogen-bond donors (Lipinski definition) is 1. The van der Waals surface area contributed by atoms with Crippen LogP contribution < -0.4 is 0 Å². The summed E-state index contributed by atoms with van der Waals surface area (Å²) < 4.78 is 42.5. The van der Waals surface area contributed by atoms with E-state index in [1.165, 1.54) is 35.7 Å². The van der Waals surface area contributed by atoms with E-state index in [9.17, 15) is 22.7 Å². The summed E-state index contributed by atoms with van der Waals surface area (Å²) >= 11 is 0. The van der Waals surface area contributed by atoms with Crippen LogP contribution in [-0.2, 0) is 26.0 Å². The summed E-state index contributed by atoms with van der Waals surface area (Å²) in [6.45, 7) is 4.37. The van der Waals surface area contributed by atoms with Crippen molar-refractivity contribution in [3.63, 3.8) is 0 Å². The Morgan fingerprint density at radius 2 is 2.00 bits per heavy atom. The number of hydrogen-bond acceptors (Lipinski definition) is 5. The summed E-state index contributed by atoms with van der Waals surface area (Å²) in [5.41, 5.74) is 1.50. The van der Waals surface area contributed by atoms with Crippen molar-refractivity contribution in [1.82, 2.24) is 4.31 Å². The minimum absolute atomic E-state index is 0.0122. The first kappa shape index (κ1) is 24.6. The van der Waals surface area contributed by atoms with Gasteiger partial charge in [0.1, 0.15) is 11.6 Å². The van der Waals surface area contributed by atoms with E-state index < -0.39 is 10.0 Å². The minimum Gasteiger partial charge on any atom is -0.508 e. The molecule has 1 saturated heterocycles. The maximum Gasteiger partial charge on any atom is 0.309 e. The number of piperidine rings is 1. The van der Waals surface area contributed by atoms with Crippen molar-refractivity contribution in [2.45, 2.75) is 25.2 Å². The highest BCUT2D eigenvalue weighted by molar-refractivity contribution is 7.89. The van der Waals surface area contributed by atoms with Gasteiger partial charge in [0, 0.05) is 13.1 Å². The molecular formula is C23H28FNO5S. The van der Waals surface area contributed by atoms with E-state index in [-0.39, 0.29) is 35.6 Å². The zero-order valence-corrected chi connectivity index (χ0v) is 18.4. The van der Waals surface area contributed by atoms with Crippen LogP contribution in [0.4, 0.5) is 4.39 Å². The average molecular weight is 450 g/mol.